The molecule has 1 amide bonds. The van der Waals surface area contributed by atoms with Crippen LogP contribution < -0.4 is 14.2 Å². The minimum atomic E-state index is -2.90. The highest BCUT2D eigenvalue weighted by Crippen LogP contribution is 2.35. The Morgan fingerprint density at radius 2 is 1.62 bits per heavy atom. The van der Waals surface area contributed by atoms with Crippen LogP contribution in [0, 0.1) is 0 Å². The van der Waals surface area contributed by atoms with E-state index in [1.165, 1.54) is 6.08 Å². The van der Waals surface area contributed by atoms with E-state index in [2.05, 4.69) is 4.90 Å². The Balaban J connectivity index is 1.62. The van der Waals surface area contributed by atoms with Gasteiger partial charge in [0.1, 0.15) is 5.75 Å². The van der Waals surface area contributed by atoms with Crippen LogP contribution in [0.2, 0.25) is 0 Å². The van der Waals surface area contributed by atoms with Crippen molar-refractivity contribution in [3.8, 4) is 17.2 Å². The number of ether oxygens (including phenoxy) is 3. The molecule has 0 aliphatic carbocycles. The van der Waals surface area contributed by atoms with Crippen molar-refractivity contribution in [2.24, 2.45) is 0 Å². The fourth-order valence-corrected chi connectivity index (χ4v) is 5.58. The summed E-state index contributed by atoms with van der Waals surface area (Å²) in [7, 11) is 1.77. The molecule has 2 aliphatic rings. The maximum Gasteiger partial charge on any atom is 0.246 e. The summed E-state index contributed by atoms with van der Waals surface area (Å²) in [5, 5.41) is 0. The maximum absolute atomic E-state index is 12.6. The molecule has 0 aromatic heterocycles. The van der Waals surface area contributed by atoms with Crippen LogP contribution in [0.25, 0.3) is 6.08 Å². The Morgan fingerprint density at radius 1 is 1.00 bits per heavy atom. The Hall–Kier alpha value is -2.26. The molecular formula is C20H28N2O6S. The summed E-state index contributed by atoms with van der Waals surface area (Å²) in [6.45, 7) is 2.56. The normalized spacial score (nSPS) is 22.0. The van der Waals surface area contributed by atoms with Crippen LogP contribution >= 0.6 is 0 Å². The molecule has 2 aliphatic heterocycles. The van der Waals surface area contributed by atoms with Crippen molar-refractivity contribution in [2.45, 2.75) is 12.5 Å². The monoisotopic (exact) mass is 424 g/mol. The van der Waals surface area contributed by atoms with Crippen molar-refractivity contribution in [2.75, 3.05) is 59.0 Å². The lowest BCUT2D eigenvalue weighted by molar-refractivity contribution is -0.127. The first-order chi connectivity index (χ1) is 13.9. The summed E-state index contributed by atoms with van der Waals surface area (Å²) in [5.41, 5.74) is 0.716. The van der Waals surface area contributed by atoms with Crippen molar-refractivity contribution in [1.82, 2.24) is 9.80 Å². The molecule has 0 radical (unpaired) electrons. The Labute approximate surface area is 171 Å². The molecule has 29 heavy (non-hydrogen) atoms. The van der Waals surface area contributed by atoms with E-state index in [0.29, 0.717) is 55.4 Å². The van der Waals surface area contributed by atoms with E-state index in [9.17, 15) is 13.2 Å². The third-order valence-corrected chi connectivity index (χ3v) is 7.24. The molecule has 3 rings (SSSR count). The summed E-state index contributed by atoms with van der Waals surface area (Å²) < 4.78 is 39.3. The first-order valence-corrected chi connectivity index (χ1v) is 11.4. The molecule has 0 unspecified atom stereocenters. The van der Waals surface area contributed by atoms with Crippen molar-refractivity contribution in [1.29, 1.82) is 0 Å². The fourth-order valence-electron chi connectivity index (χ4n) is 3.82. The van der Waals surface area contributed by atoms with Gasteiger partial charge in [-0.1, -0.05) is 0 Å². The Bertz CT molecular complexity index is 875. The lowest BCUT2D eigenvalue weighted by Crippen LogP contribution is -2.52. The van der Waals surface area contributed by atoms with E-state index in [1.807, 2.05) is 0 Å². The zero-order valence-corrected chi connectivity index (χ0v) is 17.9. The zero-order valence-electron chi connectivity index (χ0n) is 17.1. The standard InChI is InChI=1S/C20H28N2O6S/c1-26-17-13-19(28-3)18(27-2)12-15(17)4-5-20(23)22-9-7-21(8-10-22)16-6-11-29(24,25)14-16/h4-5,12-13,16H,6-11,14H2,1-3H3/b5-4+/t16-/m1/s1. The summed E-state index contributed by atoms with van der Waals surface area (Å²) in [5.74, 6) is 2.12. The minimum absolute atomic E-state index is 0.0828. The number of carbonyl (C=O) groups is 1. The highest BCUT2D eigenvalue weighted by atomic mass is 32.2. The van der Waals surface area contributed by atoms with Gasteiger partial charge in [0.2, 0.25) is 5.91 Å². The van der Waals surface area contributed by atoms with Gasteiger partial charge in [-0.25, -0.2) is 8.42 Å². The highest BCUT2D eigenvalue weighted by Gasteiger charge is 2.34. The van der Waals surface area contributed by atoms with Crippen LogP contribution in [0.1, 0.15) is 12.0 Å². The number of hydrogen-bond donors (Lipinski definition) is 0. The number of nitrogens with zero attached hydrogens (tertiary/aromatic N) is 2. The number of rotatable bonds is 6. The van der Waals surface area contributed by atoms with Gasteiger partial charge >= 0.3 is 0 Å². The van der Waals surface area contributed by atoms with E-state index < -0.39 is 9.84 Å². The fraction of sp³-hybridized carbons (Fsp3) is 0.550. The van der Waals surface area contributed by atoms with Crippen LogP contribution in [0.4, 0.5) is 0 Å². The van der Waals surface area contributed by atoms with Gasteiger partial charge in [0.05, 0.1) is 32.8 Å². The maximum atomic E-state index is 12.6. The smallest absolute Gasteiger partial charge is 0.246 e. The molecule has 2 saturated heterocycles. The third-order valence-electron chi connectivity index (χ3n) is 5.49. The number of amides is 1. The SMILES string of the molecule is COc1cc(OC)c(OC)cc1/C=C/C(=O)N1CCN([C@@H]2CCS(=O)(=O)C2)CC1. The lowest BCUT2D eigenvalue weighted by atomic mass is 10.1. The number of sulfone groups is 1. The average molecular weight is 425 g/mol. The van der Waals surface area contributed by atoms with Crippen LogP contribution in [-0.2, 0) is 14.6 Å². The second-order valence-corrected chi connectivity index (χ2v) is 9.43. The predicted octanol–water partition coefficient (Wildman–Crippen LogP) is 1.06. The quantitative estimate of drug-likeness (QED) is 0.631. The van der Waals surface area contributed by atoms with E-state index in [-0.39, 0.29) is 23.5 Å². The van der Waals surface area contributed by atoms with Crippen LogP contribution in [0.5, 0.6) is 17.2 Å². The van der Waals surface area contributed by atoms with Gasteiger partial charge in [-0.2, -0.15) is 0 Å². The first-order valence-electron chi connectivity index (χ1n) is 9.58. The van der Waals surface area contributed by atoms with Gasteiger partial charge in [0.25, 0.3) is 0 Å². The van der Waals surface area contributed by atoms with Crippen LogP contribution in [0.15, 0.2) is 18.2 Å². The topological polar surface area (TPSA) is 85.4 Å². The number of hydrogen-bond acceptors (Lipinski definition) is 7. The van der Waals surface area contributed by atoms with E-state index in [4.69, 9.17) is 14.2 Å². The molecular weight excluding hydrogens is 396 g/mol. The summed E-state index contributed by atoms with van der Waals surface area (Å²) in [6.07, 6.45) is 3.92. The highest BCUT2D eigenvalue weighted by molar-refractivity contribution is 7.91. The van der Waals surface area contributed by atoms with Crippen molar-refractivity contribution in [3.63, 3.8) is 0 Å². The molecule has 1 aromatic carbocycles. The number of benzene rings is 1. The summed E-state index contributed by atoms with van der Waals surface area (Å²) >= 11 is 0. The van der Waals surface area contributed by atoms with Gasteiger partial charge in [-0.15, -0.1) is 0 Å². The third kappa shape index (κ3) is 5.02. The molecule has 160 valence electrons. The minimum Gasteiger partial charge on any atom is -0.496 e. The molecule has 2 fully saturated rings. The number of piperazine rings is 1. The molecule has 9 heteroatoms. The number of carbonyl (C=O) groups excluding carboxylic acids is 1. The second-order valence-electron chi connectivity index (χ2n) is 7.20. The summed E-state index contributed by atoms with van der Waals surface area (Å²) in [4.78, 5) is 16.6. The Morgan fingerprint density at radius 3 is 2.17 bits per heavy atom. The Kier molecular flexibility index (Phi) is 6.69. The molecule has 0 bridgehead atoms. The van der Waals surface area contributed by atoms with Crippen LogP contribution in [-0.4, -0.2) is 89.2 Å². The molecule has 0 spiro atoms. The van der Waals surface area contributed by atoms with Gasteiger partial charge in [0.15, 0.2) is 21.3 Å². The average Bonchev–Trinajstić information content (AvgIpc) is 3.11. The second kappa shape index (κ2) is 9.04. The molecule has 0 N–H and O–H groups in total. The van der Waals surface area contributed by atoms with Crippen molar-refractivity contribution in [3.05, 3.63) is 23.8 Å². The molecule has 8 nitrogen and oxygen atoms in total. The predicted molar refractivity (Wildman–Crippen MR) is 110 cm³/mol. The zero-order chi connectivity index (χ0) is 21.0. The van der Waals surface area contributed by atoms with Crippen molar-refractivity contribution < 1.29 is 27.4 Å². The lowest BCUT2D eigenvalue weighted by Gasteiger charge is -2.37. The molecule has 1 aromatic rings. The number of methoxy groups -OCH3 is 3. The van der Waals surface area contributed by atoms with Crippen molar-refractivity contribution >= 4 is 21.8 Å². The molecule has 1 atom stereocenters. The summed E-state index contributed by atoms with van der Waals surface area (Å²) in [6, 6.07) is 3.57. The van der Waals surface area contributed by atoms with E-state index in [0.717, 1.165) is 0 Å². The van der Waals surface area contributed by atoms with Gasteiger partial charge < -0.3 is 19.1 Å². The largest absolute Gasteiger partial charge is 0.496 e. The molecule has 0 saturated carbocycles. The first kappa shape index (κ1) is 21.4. The molecule has 2 heterocycles. The van der Waals surface area contributed by atoms with E-state index >= 15 is 0 Å². The van der Waals surface area contributed by atoms with E-state index in [1.54, 1.807) is 44.4 Å². The van der Waals surface area contributed by atoms with Crippen LogP contribution in [0.3, 0.4) is 0 Å². The van der Waals surface area contributed by atoms with Gasteiger partial charge in [-0.05, 0) is 18.6 Å². The van der Waals surface area contributed by atoms with Gasteiger partial charge in [0, 0.05) is 49.9 Å². The van der Waals surface area contributed by atoms with Gasteiger partial charge in [-0.3, -0.25) is 9.69 Å².